The van der Waals surface area contributed by atoms with E-state index < -0.39 is 27.9 Å². The number of carbonyl (C=O) groups excluding carboxylic acids is 2. The van der Waals surface area contributed by atoms with E-state index in [4.69, 9.17) is 11.6 Å². The number of urea groups is 1. The van der Waals surface area contributed by atoms with E-state index in [1.807, 2.05) is 0 Å². The highest BCUT2D eigenvalue weighted by molar-refractivity contribution is 7.92. The molecule has 0 aromatic heterocycles. The minimum absolute atomic E-state index is 0.189. The second-order valence-electron chi connectivity index (χ2n) is 8.39. The molecular formula is C25H25ClFN4O4S+. The van der Waals surface area contributed by atoms with Crippen molar-refractivity contribution in [3.05, 3.63) is 77.6 Å². The van der Waals surface area contributed by atoms with Gasteiger partial charge < -0.3 is 15.5 Å². The summed E-state index contributed by atoms with van der Waals surface area (Å²) in [5.74, 6) is -0.954. The van der Waals surface area contributed by atoms with Gasteiger partial charge in [-0.25, -0.2) is 17.6 Å². The van der Waals surface area contributed by atoms with Crippen molar-refractivity contribution in [3.63, 3.8) is 0 Å². The van der Waals surface area contributed by atoms with Crippen LogP contribution in [0, 0.1) is 17.4 Å². The van der Waals surface area contributed by atoms with E-state index >= 15 is 4.39 Å². The van der Waals surface area contributed by atoms with E-state index in [0.717, 1.165) is 6.26 Å². The highest BCUT2D eigenvalue weighted by Crippen LogP contribution is 2.33. The summed E-state index contributed by atoms with van der Waals surface area (Å²) < 4.78 is 41.0. The molecule has 0 spiro atoms. The molecule has 3 amide bonds. The highest BCUT2D eigenvalue weighted by Gasteiger charge is 2.31. The van der Waals surface area contributed by atoms with Crippen LogP contribution in [0.15, 0.2) is 66.7 Å². The number of nitrogens with zero attached hydrogens (tertiary/aromatic N) is 1. The van der Waals surface area contributed by atoms with Crippen molar-refractivity contribution >= 4 is 39.0 Å². The minimum atomic E-state index is -3.56. The Bertz CT molecular complexity index is 1400. The average Bonchev–Trinajstić information content (AvgIpc) is 2.81. The number of rotatable bonds is 6. The Kier molecular flexibility index (Phi) is 7.46. The fourth-order valence-electron chi connectivity index (χ4n) is 4.03. The van der Waals surface area contributed by atoms with Gasteiger partial charge in [-0.15, -0.1) is 0 Å². The van der Waals surface area contributed by atoms with Gasteiger partial charge in [0.2, 0.25) is 21.0 Å². The Morgan fingerprint density at radius 3 is 2.47 bits per heavy atom. The van der Waals surface area contributed by atoms with Crippen LogP contribution < -0.4 is 20.3 Å². The third-order valence-electron chi connectivity index (χ3n) is 5.63. The summed E-state index contributed by atoms with van der Waals surface area (Å²) in [5, 5.41) is 6.00. The zero-order chi connectivity index (χ0) is 25.9. The van der Waals surface area contributed by atoms with Gasteiger partial charge in [0, 0.05) is 41.2 Å². The molecule has 0 aliphatic carbocycles. The number of hydrogen-bond donors (Lipinski definition) is 3. The number of hydrogen-bond acceptors (Lipinski definition) is 4. The number of sulfonamides is 1. The summed E-state index contributed by atoms with van der Waals surface area (Å²) in [6.45, 7) is 0.379. The van der Waals surface area contributed by atoms with Crippen LogP contribution in [0.1, 0.15) is 12.8 Å². The first-order chi connectivity index (χ1) is 17.1. The van der Waals surface area contributed by atoms with Crippen LogP contribution in [0.25, 0.3) is 11.1 Å². The second kappa shape index (κ2) is 10.5. The normalized spacial score (nSPS) is 15.9. The van der Waals surface area contributed by atoms with Gasteiger partial charge in [0.25, 0.3) is 0 Å². The van der Waals surface area contributed by atoms with E-state index in [9.17, 15) is 18.0 Å². The Balaban J connectivity index is 1.50. The number of nitrogens with one attached hydrogen (secondary N) is 3. The number of piperidine rings is 1. The molecule has 1 aliphatic rings. The molecule has 8 nitrogen and oxygen atoms in total. The van der Waals surface area contributed by atoms with Crippen molar-refractivity contribution < 1.29 is 34.0 Å². The lowest BCUT2D eigenvalue weighted by atomic mass is 10.0. The largest absolute Gasteiger partial charge is 0.326 e. The van der Waals surface area contributed by atoms with Gasteiger partial charge in [-0.05, 0) is 49.2 Å². The van der Waals surface area contributed by atoms with Crippen molar-refractivity contribution in [1.82, 2.24) is 5.32 Å². The lowest BCUT2D eigenvalue weighted by Crippen LogP contribution is -2.53. The van der Waals surface area contributed by atoms with Crippen LogP contribution >= 0.6 is 0 Å². The maximum atomic E-state index is 15.2. The minimum Gasteiger partial charge on any atom is -0.326 e. The molecule has 4 rings (SSSR count). The summed E-state index contributed by atoms with van der Waals surface area (Å²) in [6.07, 6.45) is 2.09. The molecule has 1 atom stereocenters. The summed E-state index contributed by atoms with van der Waals surface area (Å²) >= 11 is 5.03. The third kappa shape index (κ3) is 6.13. The van der Waals surface area contributed by atoms with Gasteiger partial charge in [-0.3, -0.25) is 9.52 Å². The number of benzene rings is 3. The average molecular weight is 532 g/mol. The molecule has 3 aromatic carbocycles. The van der Waals surface area contributed by atoms with E-state index in [-0.39, 0.29) is 17.2 Å². The number of amides is 3. The van der Waals surface area contributed by atoms with Crippen molar-refractivity contribution in [2.45, 2.75) is 18.9 Å². The fraction of sp³-hybridized carbons (Fsp3) is 0.200. The van der Waals surface area contributed by atoms with Crippen LogP contribution in [0.2, 0.25) is 5.02 Å². The van der Waals surface area contributed by atoms with E-state index in [1.165, 1.54) is 17.0 Å². The Morgan fingerprint density at radius 1 is 1.06 bits per heavy atom. The van der Waals surface area contributed by atoms with Gasteiger partial charge in [0.15, 0.2) is 11.6 Å². The predicted molar refractivity (Wildman–Crippen MR) is 135 cm³/mol. The van der Waals surface area contributed by atoms with E-state index in [1.54, 1.807) is 54.6 Å². The van der Waals surface area contributed by atoms with Crippen molar-refractivity contribution in [2.75, 3.05) is 27.7 Å². The van der Waals surface area contributed by atoms with Crippen LogP contribution in [-0.2, 0) is 14.8 Å². The number of halogens is 2. The molecule has 0 saturated carbocycles. The standard InChI is InChI=1S/C25H24ClFN4O4S/c1-36(34,35)30-22-6-3-2-5-20(22)19-13-12-18(15-21(19)27)31-14-4-7-23(24(31)32)29-25(33)28-17-10-8-16(26)9-11-17/h2-3,5-6,8-13,15,23,26,30H,4,7,14H2,1H3,(H-,28,29,33)/p+1/t23-/m1/s1. The molecule has 1 saturated heterocycles. The summed E-state index contributed by atoms with van der Waals surface area (Å²) in [5.41, 5.74) is 1.71. The van der Waals surface area contributed by atoms with Gasteiger partial charge >= 0.3 is 6.03 Å². The first-order valence-electron chi connectivity index (χ1n) is 11.1. The molecule has 188 valence electrons. The lowest BCUT2D eigenvalue weighted by molar-refractivity contribution is -0.288. The van der Waals surface area contributed by atoms with Crippen LogP contribution in [0.3, 0.4) is 0 Å². The zero-order valence-corrected chi connectivity index (χ0v) is 21.0. The number of para-hydroxylation sites is 1. The topological polar surface area (TPSA) is 108 Å². The molecule has 0 bridgehead atoms. The molecule has 0 radical (unpaired) electrons. The molecule has 3 N–H and O–H groups in total. The monoisotopic (exact) mass is 531 g/mol. The maximum absolute atomic E-state index is 15.2. The molecule has 1 fully saturated rings. The van der Waals surface area contributed by atoms with Gasteiger partial charge in [0.1, 0.15) is 11.9 Å². The maximum Gasteiger partial charge on any atom is 0.319 e. The fourth-order valence-corrected chi connectivity index (χ4v) is 4.74. The van der Waals surface area contributed by atoms with Gasteiger partial charge in [-0.2, -0.15) is 0 Å². The molecule has 1 aliphatic heterocycles. The van der Waals surface area contributed by atoms with Crippen molar-refractivity contribution in [2.24, 2.45) is 0 Å². The summed E-state index contributed by atoms with van der Waals surface area (Å²) in [7, 11) is -3.56. The second-order valence-corrected chi connectivity index (χ2v) is 10.6. The van der Waals surface area contributed by atoms with E-state index in [0.29, 0.717) is 41.3 Å². The molecule has 3 aromatic rings. The highest BCUT2D eigenvalue weighted by atomic mass is 35.5. The Morgan fingerprint density at radius 2 is 1.78 bits per heavy atom. The van der Waals surface area contributed by atoms with E-state index in [2.05, 4.69) is 15.4 Å². The Labute approximate surface area is 213 Å². The first kappa shape index (κ1) is 25.5. The molecule has 0 unspecified atom stereocenters. The number of anilines is 3. The zero-order valence-electron chi connectivity index (χ0n) is 19.3. The smallest absolute Gasteiger partial charge is 0.319 e. The van der Waals surface area contributed by atoms with Crippen molar-refractivity contribution in [1.29, 1.82) is 0 Å². The third-order valence-corrected chi connectivity index (χ3v) is 6.50. The van der Waals surface area contributed by atoms with Crippen LogP contribution in [-0.4, -0.2) is 39.2 Å². The van der Waals surface area contributed by atoms with Gasteiger partial charge in [-0.1, -0.05) is 18.2 Å². The quantitative estimate of drug-likeness (QED) is 0.448. The van der Waals surface area contributed by atoms with Crippen LogP contribution in [0.5, 0.6) is 0 Å². The summed E-state index contributed by atoms with van der Waals surface area (Å²) in [6, 6.07) is 16.3. The summed E-state index contributed by atoms with van der Waals surface area (Å²) in [4.78, 5) is 27.0. The molecule has 36 heavy (non-hydrogen) atoms. The molecule has 1 heterocycles. The van der Waals surface area contributed by atoms with Gasteiger partial charge in [0.05, 0.1) is 11.9 Å². The molecular weight excluding hydrogens is 507 g/mol. The van der Waals surface area contributed by atoms with Crippen molar-refractivity contribution in [3.8, 4) is 11.1 Å². The van der Waals surface area contributed by atoms with Crippen LogP contribution in [0.4, 0.5) is 26.2 Å². The predicted octanol–water partition coefficient (Wildman–Crippen LogP) is 3.88. The number of carbonyl (C=O) groups is 2. The molecule has 11 heteroatoms. The lowest BCUT2D eigenvalue weighted by Gasteiger charge is -2.32. The SMILES string of the molecule is CS(=O)(=O)Nc1ccccc1-c1ccc(N2CCC[C@@H](NC(=O)Nc3ccc([ClH+])cc3)C2=O)cc1F. The Hall–Kier alpha value is -3.63. The first-order valence-corrected chi connectivity index (χ1v) is 13.4.